The maximum absolute atomic E-state index is 9.34. The van der Waals surface area contributed by atoms with Crippen LogP contribution in [-0.4, -0.2) is 47.3 Å². The van der Waals surface area contributed by atoms with Gasteiger partial charge in [-0.15, -0.1) is 0 Å². The third-order valence-electron chi connectivity index (χ3n) is 5.07. The smallest absolute Gasteiger partial charge is 0.0587 e. The van der Waals surface area contributed by atoms with E-state index in [2.05, 4.69) is 54.3 Å². The number of hydrogen-bond acceptors (Lipinski definition) is 3. The Labute approximate surface area is 132 Å². The largest absolute Gasteiger partial charge is 0.395 e. The molecule has 1 aromatic heterocycles. The minimum atomic E-state index is 0.253. The van der Waals surface area contributed by atoms with Crippen LogP contribution in [-0.2, 0) is 13.0 Å². The van der Waals surface area contributed by atoms with Crippen LogP contribution in [0.1, 0.15) is 30.2 Å². The average molecular weight is 301 g/mol. The molecule has 22 heavy (non-hydrogen) atoms. The van der Waals surface area contributed by atoms with Crippen LogP contribution in [0.5, 0.6) is 0 Å². The van der Waals surface area contributed by atoms with Crippen LogP contribution in [0.4, 0.5) is 0 Å². The number of aliphatic hydroxyl groups is 1. The second-order valence-electron chi connectivity index (χ2n) is 6.55. The van der Waals surface area contributed by atoms with E-state index in [9.17, 15) is 5.11 Å². The molecule has 2 aromatic rings. The lowest BCUT2D eigenvalue weighted by atomic mass is 10.1. The first-order valence-electron chi connectivity index (χ1n) is 8.27. The van der Waals surface area contributed by atoms with Gasteiger partial charge in [0.1, 0.15) is 0 Å². The van der Waals surface area contributed by atoms with Crippen molar-refractivity contribution in [3.8, 4) is 0 Å². The van der Waals surface area contributed by atoms with E-state index in [1.807, 2.05) is 0 Å². The molecule has 0 bridgehead atoms. The van der Waals surface area contributed by atoms with Gasteiger partial charge in [0, 0.05) is 41.8 Å². The van der Waals surface area contributed by atoms with Gasteiger partial charge in [0.15, 0.2) is 0 Å². The van der Waals surface area contributed by atoms with Gasteiger partial charge >= 0.3 is 0 Å². The van der Waals surface area contributed by atoms with Gasteiger partial charge in [-0.25, -0.2) is 0 Å². The molecule has 3 rings (SSSR count). The number of aromatic nitrogens is 1. The molecular formula is C18H27N3O. The summed E-state index contributed by atoms with van der Waals surface area (Å²) >= 11 is 0. The molecule has 4 heteroatoms. The van der Waals surface area contributed by atoms with Crippen molar-refractivity contribution in [2.24, 2.45) is 0 Å². The molecule has 2 atom stereocenters. The van der Waals surface area contributed by atoms with Crippen molar-refractivity contribution in [1.29, 1.82) is 0 Å². The van der Waals surface area contributed by atoms with Crippen molar-refractivity contribution in [3.63, 3.8) is 0 Å². The second-order valence-corrected chi connectivity index (χ2v) is 6.55. The zero-order valence-corrected chi connectivity index (χ0v) is 13.8. The zero-order valence-electron chi connectivity index (χ0n) is 13.8. The summed E-state index contributed by atoms with van der Waals surface area (Å²) in [6.07, 6.45) is 2.07. The maximum Gasteiger partial charge on any atom is 0.0587 e. The van der Waals surface area contributed by atoms with Gasteiger partial charge in [-0.05, 0) is 50.1 Å². The maximum atomic E-state index is 9.34. The summed E-state index contributed by atoms with van der Waals surface area (Å²) in [6, 6.07) is 7.47. The molecule has 1 saturated heterocycles. The second kappa shape index (κ2) is 6.41. The molecule has 0 spiro atoms. The fourth-order valence-corrected chi connectivity index (χ4v) is 3.60. The average Bonchev–Trinajstić information content (AvgIpc) is 3.05. The third-order valence-corrected chi connectivity index (χ3v) is 5.07. The predicted octanol–water partition coefficient (Wildman–Crippen LogP) is 2.19. The molecule has 1 aromatic carbocycles. The summed E-state index contributed by atoms with van der Waals surface area (Å²) in [5.74, 6) is 0. The summed E-state index contributed by atoms with van der Waals surface area (Å²) < 4.78 is 0. The molecule has 1 aliphatic rings. The van der Waals surface area contributed by atoms with E-state index in [1.54, 1.807) is 0 Å². The lowest BCUT2D eigenvalue weighted by Gasteiger charge is -2.15. The van der Waals surface area contributed by atoms with E-state index in [1.165, 1.54) is 27.7 Å². The summed E-state index contributed by atoms with van der Waals surface area (Å²) in [5, 5.41) is 14.3. The zero-order chi connectivity index (χ0) is 15.7. The lowest BCUT2D eigenvalue weighted by molar-refractivity contribution is 0.182. The first-order chi connectivity index (χ1) is 10.6. The number of nitrogens with zero attached hydrogens (tertiary/aromatic N) is 1. The Morgan fingerprint density at radius 3 is 2.91 bits per heavy atom. The predicted molar refractivity (Wildman–Crippen MR) is 91.2 cm³/mol. The van der Waals surface area contributed by atoms with Crippen molar-refractivity contribution in [2.75, 3.05) is 20.2 Å². The van der Waals surface area contributed by atoms with Crippen LogP contribution >= 0.6 is 0 Å². The minimum Gasteiger partial charge on any atom is -0.395 e. The summed E-state index contributed by atoms with van der Waals surface area (Å²) in [4.78, 5) is 5.74. The van der Waals surface area contributed by atoms with Gasteiger partial charge in [-0.1, -0.05) is 13.0 Å². The van der Waals surface area contributed by atoms with E-state index in [-0.39, 0.29) is 6.61 Å². The highest BCUT2D eigenvalue weighted by molar-refractivity contribution is 5.85. The number of likely N-dealkylation sites (N-methyl/N-ethyl adjacent to an activating group) is 1. The van der Waals surface area contributed by atoms with Gasteiger partial charge in [0.05, 0.1) is 6.61 Å². The number of nitrogens with one attached hydrogen (secondary N) is 2. The van der Waals surface area contributed by atoms with Gasteiger partial charge in [0.2, 0.25) is 0 Å². The quantitative estimate of drug-likeness (QED) is 0.793. The van der Waals surface area contributed by atoms with Crippen LogP contribution in [0, 0.1) is 6.92 Å². The number of aromatic amines is 1. The number of likely N-dealkylation sites (tertiary alicyclic amines) is 1. The first-order valence-corrected chi connectivity index (χ1v) is 8.27. The Hall–Kier alpha value is -1.36. The molecule has 3 N–H and O–H groups in total. The number of aryl methyl sites for hydroxylation is 2. The van der Waals surface area contributed by atoms with Crippen LogP contribution in [0.25, 0.3) is 10.9 Å². The number of rotatable bonds is 5. The molecular weight excluding hydrogens is 274 g/mol. The van der Waals surface area contributed by atoms with E-state index in [0.717, 1.165) is 25.9 Å². The number of benzene rings is 1. The van der Waals surface area contributed by atoms with Crippen molar-refractivity contribution < 1.29 is 5.11 Å². The van der Waals surface area contributed by atoms with Crippen LogP contribution < -0.4 is 5.32 Å². The van der Waals surface area contributed by atoms with Crippen molar-refractivity contribution in [2.45, 2.75) is 45.3 Å². The van der Waals surface area contributed by atoms with Crippen molar-refractivity contribution >= 4 is 10.9 Å². The van der Waals surface area contributed by atoms with E-state index in [4.69, 9.17) is 0 Å². The Morgan fingerprint density at radius 1 is 1.41 bits per heavy atom. The van der Waals surface area contributed by atoms with Crippen molar-refractivity contribution in [3.05, 3.63) is 35.0 Å². The molecule has 1 aliphatic heterocycles. The van der Waals surface area contributed by atoms with Crippen molar-refractivity contribution in [1.82, 2.24) is 15.2 Å². The fraction of sp³-hybridized carbons (Fsp3) is 0.556. The van der Waals surface area contributed by atoms with Gasteiger partial charge in [-0.3, -0.25) is 4.90 Å². The standard InChI is InChI=1S/C18H27N3O/c1-4-17-12(2)16-7-13(5-6-18(16)20-17)9-19-14-8-15(11-22)21(3)10-14/h5-7,14-15,19-20,22H,4,8-11H2,1-3H3/t14?,15-/m1/s1. The highest BCUT2D eigenvalue weighted by Crippen LogP contribution is 2.23. The molecule has 0 saturated carbocycles. The molecule has 0 amide bonds. The van der Waals surface area contributed by atoms with Crippen LogP contribution in [0.3, 0.4) is 0 Å². The highest BCUT2D eigenvalue weighted by Gasteiger charge is 2.28. The number of H-pyrrole nitrogens is 1. The van der Waals surface area contributed by atoms with Gasteiger partial charge in [0.25, 0.3) is 0 Å². The summed E-state index contributed by atoms with van der Waals surface area (Å²) in [7, 11) is 2.09. The van der Waals surface area contributed by atoms with Gasteiger partial charge in [-0.2, -0.15) is 0 Å². The normalized spacial score (nSPS) is 22.7. The molecule has 4 nitrogen and oxygen atoms in total. The van der Waals surface area contributed by atoms with Crippen LogP contribution in [0.15, 0.2) is 18.2 Å². The van der Waals surface area contributed by atoms with E-state index >= 15 is 0 Å². The SMILES string of the molecule is CCc1[nH]c2ccc(CNC3C[C@H](CO)N(C)C3)cc2c1C. The summed E-state index contributed by atoms with van der Waals surface area (Å²) in [6.45, 7) is 6.54. The van der Waals surface area contributed by atoms with E-state index < -0.39 is 0 Å². The number of aliphatic hydroxyl groups excluding tert-OH is 1. The lowest BCUT2D eigenvalue weighted by Crippen LogP contribution is -2.31. The topological polar surface area (TPSA) is 51.3 Å². The monoisotopic (exact) mass is 301 g/mol. The number of hydrogen-bond donors (Lipinski definition) is 3. The van der Waals surface area contributed by atoms with E-state index in [0.29, 0.717) is 12.1 Å². The Bertz CT molecular complexity index is 649. The highest BCUT2D eigenvalue weighted by atomic mass is 16.3. The molecule has 0 radical (unpaired) electrons. The fourth-order valence-electron chi connectivity index (χ4n) is 3.60. The molecule has 0 aliphatic carbocycles. The van der Waals surface area contributed by atoms with Gasteiger partial charge < -0.3 is 15.4 Å². The third kappa shape index (κ3) is 2.91. The Morgan fingerprint density at radius 2 is 2.23 bits per heavy atom. The minimum absolute atomic E-state index is 0.253. The Balaban J connectivity index is 1.68. The molecule has 1 unspecified atom stereocenters. The molecule has 120 valence electrons. The molecule has 2 heterocycles. The summed E-state index contributed by atoms with van der Waals surface area (Å²) in [5.41, 5.74) is 5.27. The number of fused-ring (bicyclic) bond motifs is 1. The first kappa shape index (κ1) is 15.5. The van der Waals surface area contributed by atoms with Crippen LogP contribution in [0.2, 0.25) is 0 Å². The Kier molecular flexibility index (Phi) is 4.52. The molecule has 1 fully saturated rings.